The quantitative estimate of drug-likeness (QED) is 0.0556. The van der Waals surface area contributed by atoms with E-state index in [1.165, 1.54) is 22.7 Å². The smallest absolute Gasteiger partial charge is 0.870 e. The summed E-state index contributed by atoms with van der Waals surface area (Å²) in [5, 5.41) is 47.3. The van der Waals surface area contributed by atoms with Crippen LogP contribution in [0.3, 0.4) is 0 Å². The van der Waals surface area contributed by atoms with Gasteiger partial charge in [0.05, 0.1) is 33.4 Å². The molecule has 4 saturated heterocycles. The van der Waals surface area contributed by atoms with Gasteiger partial charge in [0.15, 0.2) is 21.6 Å². The van der Waals surface area contributed by atoms with Crippen LogP contribution in [0.2, 0.25) is 0 Å². The van der Waals surface area contributed by atoms with Gasteiger partial charge in [-0.3, -0.25) is 52.5 Å². The number of aromatic carboxylic acids is 1. The molecule has 0 saturated carbocycles. The van der Waals surface area contributed by atoms with Crippen LogP contribution < -0.4 is 28.8 Å². The van der Waals surface area contributed by atoms with Crippen molar-refractivity contribution >= 4 is 132 Å². The fraction of sp³-hybridized carbons (Fsp3) is 0.238. The second-order valence-corrected chi connectivity index (χ2v) is 30.1. The third-order valence-corrected chi connectivity index (χ3v) is 22.4. The number of amides is 3. The van der Waals surface area contributed by atoms with Crippen molar-refractivity contribution in [2.45, 2.75) is 25.9 Å². The number of ketones is 2. The number of Topliss-reactive ketones (excluding diaryl/α,β-unsaturated/α-hetero) is 2. The molecule has 3 amide bonds. The van der Waals surface area contributed by atoms with Crippen molar-refractivity contribution in [1.29, 1.82) is 0 Å². The molecule has 0 atom stereocenters. The number of nitrogens with zero attached hydrogens (tertiary/aromatic N) is 15. The number of carboxylic acids is 1. The molecule has 0 aliphatic carbocycles. The summed E-state index contributed by atoms with van der Waals surface area (Å²) in [5.41, 5.74) is 12.1. The van der Waals surface area contributed by atoms with E-state index in [9.17, 15) is 28.8 Å². The molecule has 4 fully saturated rings. The molecule has 18 rings (SSSR count). The van der Waals surface area contributed by atoms with E-state index in [-0.39, 0.29) is 64.7 Å². The van der Waals surface area contributed by atoms with Crippen LogP contribution in [0.4, 0.5) is 0 Å². The molecular formula is C84H86BILiN16O11S2. The first-order valence-corrected chi connectivity index (χ1v) is 39.6. The van der Waals surface area contributed by atoms with Crippen LogP contribution in [0.25, 0.3) is 77.4 Å². The molecule has 0 bridgehead atoms. The Morgan fingerprint density at radius 1 is 0.457 bits per heavy atom. The Labute approximate surface area is 704 Å². The molecule has 4 aliphatic rings. The number of nitrogens with one attached hydrogen (secondary N) is 1. The van der Waals surface area contributed by atoms with Crippen LogP contribution in [-0.2, 0) is 28.2 Å². The van der Waals surface area contributed by atoms with Crippen molar-refractivity contribution in [3.8, 4) is 39.5 Å². The number of carbonyl (C=O) groups excluding carboxylic acids is 5. The SMILES string of the molecule is CC(=O)c1ccc2c(c1)c(-c1ccccc1)nn2C.CC(=O)c1ccc2c(c1)c(I)nn2C.Cn1nc(-c2ccccc2)c2cc(C(=O)N3CC(N4CCN(C(=O)c5nccs5)CC4)C3)ccc21.Cn1nc(-c2ccccc2)c2cc(C(=O)O)ccc21.O.O=C(c1nccs1)N1CCN(C2CNC2)CC1.O[B]Oc1ccccc1.[Li+].[OH-]. The monoisotopic (exact) mass is 1700 g/mol. The molecule has 0 spiro atoms. The summed E-state index contributed by atoms with van der Waals surface area (Å²) in [4.78, 5) is 90.4. The first-order chi connectivity index (χ1) is 54.8. The molecule has 6 N–H and O–H groups in total. The molecule has 27 nitrogen and oxygen atoms in total. The van der Waals surface area contributed by atoms with E-state index in [1.807, 2.05) is 231 Å². The van der Waals surface area contributed by atoms with Gasteiger partial charge in [0.2, 0.25) is 0 Å². The van der Waals surface area contributed by atoms with Crippen LogP contribution in [0.5, 0.6) is 5.75 Å². The largest absolute Gasteiger partial charge is 1.00 e. The van der Waals surface area contributed by atoms with E-state index in [0.29, 0.717) is 54.2 Å². The number of hydrogen-bond acceptors (Lipinski definition) is 20. The molecule has 14 aromatic rings. The maximum Gasteiger partial charge on any atom is 1.00 e. The summed E-state index contributed by atoms with van der Waals surface area (Å²) < 4.78 is 12.9. The minimum absolute atomic E-state index is 0. The summed E-state index contributed by atoms with van der Waals surface area (Å²) in [5.74, 6) is 0.0433. The number of benzene rings is 8. The average molecular weight is 1700 g/mol. The summed E-state index contributed by atoms with van der Waals surface area (Å²) in [7, 11) is 8.27. The first-order valence-electron chi connectivity index (χ1n) is 36.8. The Kier molecular flexibility index (Phi) is 30.6. The summed E-state index contributed by atoms with van der Waals surface area (Å²) in [6.07, 6.45) is 3.36. The Morgan fingerprint density at radius 3 is 1.18 bits per heavy atom. The van der Waals surface area contributed by atoms with Crippen molar-refractivity contribution in [2.75, 3.05) is 78.5 Å². The molecule has 591 valence electrons. The minimum Gasteiger partial charge on any atom is -0.870 e. The molecule has 1 radical (unpaired) electrons. The number of thiazole rings is 2. The second-order valence-electron chi connectivity index (χ2n) is 27.3. The Bertz CT molecular complexity index is 5530. The number of fused-ring (bicyclic) bond motifs is 4. The molecule has 32 heteroatoms. The summed E-state index contributed by atoms with van der Waals surface area (Å²) in [6.45, 7) is 13.5. The van der Waals surface area contributed by atoms with Gasteiger partial charge in [0.25, 0.3) is 17.7 Å². The third kappa shape index (κ3) is 20.6. The summed E-state index contributed by atoms with van der Waals surface area (Å²) >= 11 is 4.98. The number of para-hydroxylation sites is 1. The molecule has 8 aromatic carbocycles. The predicted molar refractivity (Wildman–Crippen MR) is 455 cm³/mol. The standard InChI is InChI=1S/C26H26N6O2S.C16H14N2O.C15H12N2O2.C11H16N4OS.C10H9IN2O.C6H6BO2.Li.2H2O/c1-29-22-8-7-19(15-21(22)23(28-29)18-5-3-2-4-6-18)25(33)32-16-20(17-32)30-10-12-31(13-11-30)26(34)24-27-9-14-35-24;1-11(19)13-8-9-15-14(10-13)16(17-18(15)2)12-6-4-3-5-7-12;1-17-13-8-7-11(15(18)19)9-12(13)14(16-17)10-5-3-2-4-6-10;16-11(10-13-1-6-17-10)15-4-2-14(3-5-15)9-7-12-8-9;1-6(14)7-3-4-9-8(5-7)10(11)12-13(9)2;8-7-9-6-4-2-1-3-5-6;;;/h2-9,14-15,20H,10-13,16-17H2,1H3;3-10H,1-2H3;2-9H,1H3,(H,18,19);1,6,9,12H,2-5,7-8H2;3-5H,1-2H3;1-5,8H;;2*1H2/q;;;;;;+1;;/p-1. The van der Waals surface area contributed by atoms with E-state index in [0.717, 1.165) is 158 Å². The van der Waals surface area contributed by atoms with Gasteiger partial charge < -0.3 is 45.8 Å². The Hall–Kier alpha value is -10.9. The van der Waals surface area contributed by atoms with E-state index in [4.69, 9.17) is 15.2 Å². The van der Waals surface area contributed by atoms with Crippen molar-refractivity contribution in [1.82, 2.24) is 78.9 Å². The van der Waals surface area contributed by atoms with E-state index >= 15 is 0 Å². The van der Waals surface area contributed by atoms with Crippen molar-refractivity contribution in [2.24, 2.45) is 28.2 Å². The number of likely N-dealkylation sites (tertiary alicyclic amines) is 1. The molecule has 116 heavy (non-hydrogen) atoms. The van der Waals surface area contributed by atoms with Crippen LogP contribution in [-0.4, -0.2) is 228 Å². The van der Waals surface area contributed by atoms with Gasteiger partial charge in [-0.15, -0.1) is 22.7 Å². The van der Waals surface area contributed by atoms with E-state index in [2.05, 4.69) is 67.6 Å². The number of hydrogen-bond donors (Lipinski definition) is 3. The van der Waals surface area contributed by atoms with Gasteiger partial charge in [-0.2, -0.15) is 20.4 Å². The number of carboxylic acid groups (broad SMARTS) is 1. The Morgan fingerprint density at radius 2 is 0.810 bits per heavy atom. The fourth-order valence-electron chi connectivity index (χ4n) is 13.8. The second kappa shape index (κ2) is 40.6. The predicted octanol–water partition coefficient (Wildman–Crippen LogP) is 8.21. The number of piperazine rings is 2. The molecule has 0 unspecified atom stereocenters. The molecule has 10 heterocycles. The van der Waals surface area contributed by atoms with Crippen LogP contribution >= 0.6 is 45.3 Å². The fourth-order valence-corrected chi connectivity index (χ4v) is 15.7. The molecule has 6 aromatic heterocycles. The van der Waals surface area contributed by atoms with Gasteiger partial charge in [0, 0.05) is 197 Å². The van der Waals surface area contributed by atoms with Gasteiger partial charge >= 0.3 is 32.5 Å². The topological polar surface area (TPSA) is 339 Å². The zero-order valence-electron chi connectivity index (χ0n) is 65.1. The van der Waals surface area contributed by atoms with Gasteiger partial charge in [0.1, 0.15) is 20.8 Å². The van der Waals surface area contributed by atoms with Crippen LogP contribution in [0.15, 0.2) is 217 Å². The Balaban J connectivity index is 0.000000153. The zero-order chi connectivity index (χ0) is 79.2. The number of carbonyl (C=O) groups is 6. The molecular weight excluding hydrogens is 1620 g/mol. The maximum absolute atomic E-state index is 13.2. The maximum atomic E-state index is 13.2. The number of halogens is 1. The average Bonchev–Trinajstić information content (AvgIpc) is 1.56. The first kappa shape index (κ1) is 87.5. The van der Waals surface area contributed by atoms with Crippen LogP contribution in [0.1, 0.15) is 74.9 Å². The minimum atomic E-state index is -0.926. The van der Waals surface area contributed by atoms with Crippen molar-refractivity contribution in [3.63, 3.8) is 0 Å². The molecule has 4 aliphatic heterocycles. The third-order valence-electron chi connectivity index (χ3n) is 20.1. The normalized spacial score (nSPS) is 13.9. The zero-order valence-corrected chi connectivity index (χ0v) is 68.9. The van der Waals surface area contributed by atoms with Crippen LogP contribution in [0, 0.1) is 3.70 Å². The van der Waals surface area contributed by atoms with Gasteiger partial charge in [-0.1, -0.05) is 109 Å². The van der Waals surface area contributed by atoms with Crippen molar-refractivity contribution < 1.29 is 73.4 Å². The van der Waals surface area contributed by atoms with Gasteiger partial charge in [-0.05, 0) is 121 Å². The van der Waals surface area contributed by atoms with Crippen molar-refractivity contribution in [3.05, 3.63) is 253 Å². The number of rotatable bonds is 13. The van der Waals surface area contributed by atoms with E-state index in [1.54, 1.807) is 61.3 Å². The number of aromatic nitrogens is 10. The number of aryl methyl sites for hydroxylation is 4. The van der Waals surface area contributed by atoms with Gasteiger partial charge in [-0.25, -0.2) is 14.8 Å². The summed E-state index contributed by atoms with van der Waals surface area (Å²) in [6, 6.07) is 62.3. The van der Waals surface area contributed by atoms with E-state index < -0.39 is 5.97 Å².